The van der Waals surface area contributed by atoms with E-state index in [-0.39, 0.29) is 0 Å². The van der Waals surface area contributed by atoms with E-state index in [9.17, 15) is 0 Å². The highest BCUT2D eigenvalue weighted by Gasteiger charge is 2.08. The summed E-state index contributed by atoms with van der Waals surface area (Å²) < 4.78 is 0. The minimum atomic E-state index is 0.598. The molecule has 25 heavy (non-hydrogen) atoms. The molecule has 0 fully saturated rings. The van der Waals surface area contributed by atoms with Gasteiger partial charge in [-0.15, -0.1) is 0 Å². The number of aryl methyl sites for hydroxylation is 3. The van der Waals surface area contributed by atoms with Crippen molar-refractivity contribution in [3.05, 3.63) is 70.3 Å². The number of aromatic nitrogens is 3. The molecule has 0 unspecified atom stereocenters. The van der Waals surface area contributed by atoms with Crippen molar-refractivity contribution in [1.29, 1.82) is 0 Å². The number of pyridine rings is 1. The van der Waals surface area contributed by atoms with Crippen molar-refractivity contribution >= 4 is 28.9 Å². The van der Waals surface area contributed by atoms with Gasteiger partial charge in [0.25, 0.3) is 0 Å². The fraction of sp³-hybridized carbons (Fsp3) is 0.211. The molecule has 0 spiro atoms. The Labute approximate surface area is 152 Å². The third kappa shape index (κ3) is 4.45. The smallest absolute Gasteiger partial charge is 0.136 e. The Morgan fingerprint density at radius 1 is 1.00 bits per heavy atom. The minimum Gasteiger partial charge on any atom is -0.364 e. The molecule has 2 heterocycles. The largest absolute Gasteiger partial charge is 0.364 e. The molecule has 0 aliphatic rings. The van der Waals surface area contributed by atoms with Gasteiger partial charge in [0.05, 0.1) is 22.9 Å². The number of hydrogen-bond donors (Lipinski definition) is 2. The van der Waals surface area contributed by atoms with Gasteiger partial charge >= 0.3 is 0 Å². The van der Waals surface area contributed by atoms with E-state index in [4.69, 9.17) is 11.6 Å². The fourth-order valence-corrected chi connectivity index (χ4v) is 2.98. The SMILES string of the molecule is Cc1cc(C)c(Nc2cc(NCc3ccccn3)nc(C)n2)c(Cl)c1. The summed E-state index contributed by atoms with van der Waals surface area (Å²) in [4.78, 5) is 13.2. The van der Waals surface area contributed by atoms with Gasteiger partial charge in [-0.25, -0.2) is 9.97 Å². The van der Waals surface area contributed by atoms with E-state index in [0.717, 1.165) is 28.3 Å². The minimum absolute atomic E-state index is 0.598. The van der Waals surface area contributed by atoms with Crippen molar-refractivity contribution in [2.75, 3.05) is 10.6 Å². The molecular weight excluding hydrogens is 334 g/mol. The van der Waals surface area contributed by atoms with E-state index in [1.807, 2.05) is 51.1 Å². The number of anilines is 3. The van der Waals surface area contributed by atoms with Gasteiger partial charge in [-0.2, -0.15) is 0 Å². The summed E-state index contributed by atoms with van der Waals surface area (Å²) in [6, 6.07) is 11.7. The molecule has 0 bridgehead atoms. The molecule has 0 aliphatic carbocycles. The highest BCUT2D eigenvalue weighted by Crippen LogP contribution is 2.30. The standard InChI is InChI=1S/C19H20ClN5/c1-12-8-13(2)19(16(20)9-12)25-18-10-17(23-14(3)24-18)22-11-15-6-4-5-7-21-15/h4-10H,11H2,1-3H3,(H2,22,23,24,25). The van der Waals surface area contributed by atoms with Crippen molar-refractivity contribution in [1.82, 2.24) is 15.0 Å². The van der Waals surface area contributed by atoms with Crippen molar-refractivity contribution in [2.45, 2.75) is 27.3 Å². The molecule has 3 aromatic rings. The van der Waals surface area contributed by atoms with E-state index in [1.54, 1.807) is 6.20 Å². The molecular formula is C19H20ClN5. The molecule has 0 amide bonds. The molecule has 2 aromatic heterocycles. The van der Waals surface area contributed by atoms with Crippen LogP contribution in [-0.2, 0) is 6.54 Å². The molecule has 0 saturated heterocycles. The second-order valence-corrected chi connectivity index (χ2v) is 6.33. The summed E-state index contributed by atoms with van der Waals surface area (Å²) in [7, 11) is 0. The lowest BCUT2D eigenvalue weighted by atomic mass is 10.1. The van der Waals surface area contributed by atoms with Crippen molar-refractivity contribution in [3.63, 3.8) is 0 Å². The van der Waals surface area contributed by atoms with Crippen LogP contribution in [0, 0.1) is 20.8 Å². The first kappa shape index (κ1) is 17.2. The molecule has 0 radical (unpaired) electrons. The fourth-order valence-electron chi connectivity index (χ4n) is 2.61. The monoisotopic (exact) mass is 353 g/mol. The van der Waals surface area contributed by atoms with Gasteiger partial charge in [-0.3, -0.25) is 4.98 Å². The predicted molar refractivity (Wildman–Crippen MR) is 103 cm³/mol. The lowest BCUT2D eigenvalue weighted by Gasteiger charge is -2.14. The number of nitrogens with one attached hydrogen (secondary N) is 2. The van der Waals surface area contributed by atoms with E-state index in [2.05, 4.69) is 31.7 Å². The molecule has 0 aliphatic heterocycles. The first-order valence-electron chi connectivity index (χ1n) is 8.04. The molecule has 3 rings (SSSR count). The second-order valence-electron chi connectivity index (χ2n) is 5.92. The predicted octanol–water partition coefficient (Wildman–Crippen LogP) is 4.81. The average molecular weight is 354 g/mol. The van der Waals surface area contributed by atoms with E-state index < -0.39 is 0 Å². The van der Waals surface area contributed by atoms with Crippen LogP contribution in [0.15, 0.2) is 42.6 Å². The molecule has 2 N–H and O–H groups in total. The van der Waals surface area contributed by atoms with Gasteiger partial charge in [-0.1, -0.05) is 23.7 Å². The van der Waals surface area contributed by atoms with Crippen LogP contribution in [0.5, 0.6) is 0 Å². The Morgan fingerprint density at radius 2 is 1.80 bits per heavy atom. The van der Waals surface area contributed by atoms with Crippen LogP contribution in [0.1, 0.15) is 22.6 Å². The summed E-state index contributed by atoms with van der Waals surface area (Å²) in [6.45, 7) is 6.51. The number of nitrogens with zero attached hydrogens (tertiary/aromatic N) is 3. The normalized spacial score (nSPS) is 10.6. The summed E-state index contributed by atoms with van der Waals surface area (Å²) in [5, 5.41) is 7.27. The number of hydrogen-bond acceptors (Lipinski definition) is 5. The molecule has 5 nitrogen and oxygen atoms in total. The Balaban J connectivity index is 1.80. The molecule has 0 saturated carbocycles. The molecule has 0 atom stereocenters. The molecule has 6 heteroatoms. The van der Waals surface area contributed by atoms with Crippen LogP contribution < -0.4 is 10.6 Å². The highest BCUT2D eigenvalue weighted by atomic mass is 35.5. The van der Waals surface area contributed by atoms with Gasteiger partial charge in [0.1, 0.15) is 17.5 Å². The molecule has 128 valence electrons. The van der Waals surface area contributed by atoms with Gasteiger partial charge in [0.2, 0.25) is 0 Å². The summed E-state index contributed by atoms with van der Waals surface area (Å²) in [6.07, 6.45) is 1.78. The zero-order valence-corrected chi connectivity index (χ0v) is 15.2. The van der Waals surface area contributed by atoms with Crippen LogP contribution in [0.2, 0.25) is 5.02 Å². The first-order valence-corrected chi connectivity index (χ1v) is 8.42. The van der Waals surface area contributed by atoms with Crippen LogP contribution in [0.25, 0.3) is 0 Å². The van der Waals surface area contributed by atoms with Crippen LogP contribution in [0.3, 0.4) is 0 Å². The maximum absolute atomic E-state index is 6.38. The van der Waals surface area contributed by atoms with Crippen molar-refractivity contribution in [3.8, 4) is 0 Å². The quantitative estimate of drug-likeness (QED) is 0.689. The summed E-state index contributed by atoms with van der Waals surface area (Å²) in [5.74, 6) is 2.11. The Kier molecular flexibility index (Phi) is 5.14. The van der Waals surface area contributed by atoms with Crippen LogP contribution in [0.4, 0.5) is 17.3 Å². The topological polar surface area (TPSA) is 62.7 Å². The zero-order valence-electron chi connectivity index (χ0n) is 14.5. The highest BCUT2D eigenvalue weighted by molar-refractivity contribution is 6.33. The van der Waals surface area contributed by atoms with E-state index >= 15 is 0 Å². The number of halogens is 1. The third-order valence-electron chi connectivity index (χ3n) is 3.70. The van der Waals surface area contributed by atoms with Crippen LogP contribution >= 0.6 is 11.6 Å². The van der Waals surface area contributed by atoms with Crippen molar-refractivity contribution < 1.29 is 0 Å². The van der Waals surface area contributed by atoms with Gasteiger partial charge in [0, 0.05) is 12.3 Å². The zero-order chi connectivity index (χ0) is 17.8. The third-order valence-corrected chi connectivity index (χ3v) is 4.00. The van der Waals surface area contributed by atoms with E-state index in [1.165, 1.54) is 0 Å². The van der Waals surface area contributed by atoms with Gasteiger partial charge in [-0.05, 0) is 50.1 Å². The first-order chi connectivity index (χ1) is 12.0. The summed E-state index contributed by atoms with van der Waals surface area (Å²) >= 11 is 6.38. The second kappa shape index (κ2) is 7.49. The Hall–Kier alpha value is -2.66. The molecule has 1 aromatic carbocycles. The van der Waals surface area contributed by atoms with Crippen LogP contribution in [-0.4, -0.2) is 15.0 Å². The van der Waals surface area contributed by atoms with Gasteiger partial charge < -0.3 is 10.6 Å². The average Bonchev–Trinajstić information content (AvgIpc) is 2.57. The van der Waals surface area contributed by atoms with Gasteiger partial charge in [0.15, 0.2) is 0 Å². The lowest BCUT2D eigenvalue weighted by Crippen LogP contribution is -2.06. The number of benzene rings is 1. The van der Waals surface area contributed by atoms with Crippen molar-refractivity contribution in [2.24, 2.45) is 0 Å². The number of rotatable bonds is 5. The summed E-state index contributed by atoms with van der Waals surface area (Å²) in [5.41, 5.74) is 4.01. The maximum Gasteiger partial charge on any atom is 0.136 e. The van der Waals surface area contributed by atoms with E-state index in [0.29, 0.717) is 23.2 Å². The Bertz CT molecular complexity index is 857. The Morgan fingerprint density at radius 3 is 2.52 bits per heavy atom. The lowest BCUT2D eigenvalue weighted by molar-refractivity contribution is 0.996. The maximum atomic E-state index is 6.38.